The maximum absolute atomic E-state index is 12.5. The molecule has 1 N–H and O–H groups in total. The number of allylic oxidation sites excluding steroid dienone is 2. The van der Waals surface area contributed by atoms with Crippen molar-refractivity contribution in [3.8, 4) is 0 Å². The van der Waals surface area contributed by atoms with E-state index in [-0.39, 0.29) is 16.7 Å². The van der Waals surface area contributed by atoms with E-state index >= 15 is 0 Å². The van der Waals surface area contributed by atoms with Gasteiger partial charge in [-0.05, 0) is 25.8 Å². The SMILES string of the molecule is C=C(CO)C(=O)O[C@H]1[C@H]2C(=C)C(=O)O[C@@H]2/C=C(\C)CC/C=C(/C(=O)OC)[C@@H]1OC(C)=O. The molecule has 0 aromatic rings. The van der Waals surface area contributed by atoms with Crippen molar-refractivity contribution in [3.63, 3.8) is 0 Å². The molecule has 31 heavy (non-hydrogen) atoms. The van der Waals surface area contributed by atoms with Crippen LogP contribution >= 0.6 is 0 Å². The molecule has 0 aromatic carbocycles. The minimum atomic E-state index is -1.41. The first-order valence-corrected chi connectivity index (χ1v) is 9.63. The number of rotatable bonds is 5. The van der Waals surface area contributed by atoms with Gasteiger partial charge in [-0.1, -0.05) is 24.8 Å². The van der Waals surface area contributed by atoms with Gasteiger partial charge in [0.25, 0.3) is 0 Å². The Hall–Kier alpha value is -3.20. The molecule has 0 radical (unpaired) electrons. The van der Waals surface area contributed by atoms with Crippen molar-refractivity contribution in [3.05, 3.63) is 47.6 Å². The molecule has 0 aromatic heterocycles. The maximum Gasteiger partial charge on any atom is 0.337 e. The Bertz CT molecular complexity index is 864. The molecule has 168 valence electrons. The van der Waals surface area contributed by atoms with Gasteiger partial charge in [0.05, 0.1) is 30.8 Å². The number of methoxy groups -OCH3 is 1. The van der Waals surface area contributed by atoms with Crippen LogP contribution < -0.4 is 0 Å². The van der Waals surface area contributed by atoms with Crippen LogP contribution in [0.5, 0.6) is 0 Å². The van der Waals surface area contributed by atoms with Gasteiger partial charge in [0, 0.05) is 12.5 Å². The Labute approximate surface area is 180 Å². The Morgan fingerprint density at radius 3 is 2.55 bits per heavy atom. The van der Waals surface area contributed by atoms with Crippen LogP contribution in [0.25, 0.3) is 0 Å². The number of fused-ring (bicyclic) bond motifs is 1. The van der Waals surface area contributed by atoms with Gasteiger partial charge in [0.1, 0.15) is 6.10 Å². The molecule has 2 rings (SSSR count). The predicted molar refractivity (Wildman–Crippen MR) is 107 cm³/mol. The van der Waals surface area contributed by atoms with Crippen LogP contribution in [0.2, 0.25) is 0 Å². The quantitative estimate of drug-likeness (QED) is 0.295. The summed E-state index contributed by atoms with van der Waals surface area (Å²) in [4.78, 5) is 49.2. The van der Waals surface area contributed by atoms with E-state index in [2.05, 4.69) is 13.2 Å². The number of hydrogen-bond acceptors (Lipinski definition) is 9. The van der Waals surface area contributed by atoms with Crippen LogP contribution in [0.15, 0.2) is 47.6 Å². The summed E-state index contributed by atoms with van der Waals surface area (Å²) in [6.07, 6.45) is 0.522. The smallest absolute Gasteiger partial charge is 0.337 e. The molecule has 1 fully saturated rings. The highest BCUT2D eigenvalue weighted by Gasteiger charge is 2.50. The van der Waals surface area contributed by atoms with Crippen LogP contribution in [0.3, 0.4) is 0 Å². The molecule has 1 saturated heterocycles. The van der Waals surface area contributed by atoms with Crippen LogP contribution in [0.1, 0.15) is 26.7 Å². The second kappa shape index (κ2) is 10.2. The zero-order chi connectivity index (χ0) is 23.3. The van der Waals surface area contributed by atoms with Gasteiger partial charge in [0.2, 0.25) is 0 Å². The standard InChI is InChI=1S/C22H26O9/c1-11-7-6-8-15(22(27)28-5)18(29-14(4)24)19(31-20(25)12(2)10-23)17-13(3)21(26)30-16(17)9-11/h8-9,16-19,23H,2-3,6-7,10H2,1,4-5H3/b11-9+,15-8+/t16-,17+,18+,19+/m1/s1. The first-order valence-electron chi connectivity index (χ1n) is 9.63. The van der Waals surface area contributed by atoms with E-state index in [1.165, 1.54) is 0 Å². The summed E-state index contributed by atoms with van der Waals surface area (Å²) in [6.45, 7) is 9.47. The fourth-order valence-electron chi connectivity index (χ4n) is 3.46. The summed E-state index contributed by atoms with van der Waals surface area (Å²) in [5, 5.41) is 9.25. The van der Waals surface area contributed by atoms with Crippen molar-refractivity contribution in [2.75, 3.05) is 13.7 Å². The van der Waals surface area contributed by atoms with E-state index < -0.39 is 54.7 Å². The lowest BCUT2D eigenvalue weighted by Crippen LogP contribution is -2.46. The molecule has 0 unspecified atom stereocenters. The van der Waals surface area contributed by atoms with Crippen molar-refractivity contribution < 1.29 is 43.2 Å². The third-order valence-electron chi connectivity index (χ3n) is 5.01. The second-order valence-corrected chi connectivity index (χ2v) is 7.29. The Morgan fingerprint density at radius 1 is 1.29 bits per heavy atom. The van der Waals surface area contributed by atoms with E-state index in [0.29, 0.717) is 12.8 Å². The molecule has 1 aliphatic carbocycles. The number of ether oxygens (including phenoxy) is 4. The third kappa shape index (κ3) is 5.49. The molecule has 2 aliphatic rings. The zero-order valence-electron chi connectivity index (χ0n) is 17.7. The average Bonchev–Trinajstić information content (AvgIpc) is 2.99. The van der Waals surface area contributed by atoms with E-state index in [4.69, 9.17) is 18.9 Å². The fraction of sp³-hybridized carbons (Fsp3) is 0.455. The monoisotopic (exact) mass is 434 g/mol. The number of aliphatic hydroxyl groups is 1. The molecular weight excluding hydrogens is 408 g/mol. The Morgan fingerprint density at radius 2 is 1.97 bits per heavy atom. The topological polar surface area (TPSA) is 125 Å². The van der Waals surface area contributed by atoms with Gasteiger partial charge in [0.15, 0.2) is 12.2 Å². The minimum Gasteiger partial charge on any atom is -0.466 e. The molecule has 0 bridgehead atoms. The number of carbonyl (C=O) groups excluding carboxylic acids is 4. The number of hydrogen-bond donors (Lipinski definition) is 1. The van der Waals surface area contributed by atoms with E-state index in [1.807, 2.05) is 6.92 Å². The van der Waals surface area contributed by atoms with Crippen LogP contribution in [-0.4, -0.2) is 61.0 Å². The highest BCUT2D eigenvalue weighted by molar-refractivity contribution is 5.93. The van der Waals surface area contributed by atoms with E-state index in [9.17, 15) is 24.3 Å². The van der Waals surface area contributed by atoms with Gasteiger partial charge in [-0.2, -0.15) is 0 Å². The molecule has 9 nitrogen and oxygen atoms in total. The normalized spacial score (nSPS) is 29.3. The summed E-state index contributed by atoms with van der Waals surface area (Å²) in [5.74, 6) is -4.20. The molecule has 0 spiro atoms. The fourth-order valence-corrected chi connectivity index (χ4v) is 3.46. The molecular formula is C22H26O9. The first kappa shape index (κ1) is 24.1. The summed E-state index contributed by atoms with van der Waals surface area (Å²) in [6, 6.07) is 0. The molecule has 0 amide bonds. The van der Waals surface area contributed by atoms with Crippen molar-refractivity contribution in [2.24, 2.45) is 5.92 Å². The number of aliphatic hydroxyl groups excluding tert-OH is 1. The van der Waals surface area contributed by atoms with Gasteiger partial charge < -0.3 is 24.1 Å². The largest absolute Gasteiger partial charge is 0.466 e. The van der Waals surface area contributed by atoms with Gasteiger partial charge in [-0.25, -0.2) is 14.4 Å². The molecule has 4 atom stereocenters. The molecule has 1 heterocycles. The van der Waals surface area contributed by atoms with Gasteiger partial charge in [-0.15, -0.1) is 0 Å². The minimum absolute atomic E-state index is 0.0107. The molecule has 9 heteroatoms. The summed E-state index contributed by atoms with van der Waals surface area (Å²) in [7, 11) is 1.16. The lowest BCUT2D eigenvalue weighted by atomic mass is 9.83. The van der Waals surface area contributed by atoms with Gasteiger partial charge in [-0.3, -0.25) is 4.79 Å². The first-order chi connectivity index (χ1) is 14.6. The highest BCUT2D eigenvalue weighted by Crippen LogP contribution is 2.38. The van der Waals surface area contributed by atoms with Gasteiger partial charge >= 0.3 is 23.9 Å². The van der Waals surface area contributed by atoms with Crippen molar-refractivity contribution in [1.82, 2.24) is 0 Å². The lowest BCUT2D eigenvalue weighted by Gasteiger charge is -2.33. The average molecular weight is 434 g/mol. The Kier molecular flexibility index (Phi) is 7.93. The molecule has 0 saturated carbocycles. The maximum atomic E-state index is 12.5. The van der Waals surface area contributed by atoms with E-state index in [1.54, 1.807) is 12.2 Å². The number of carbonyl (C=O) groups is 4. The lowest BCUT2D eigenvalue weighted by molar-refractivity contribution is -0.167. The predicted octanol–water partition coefficient (Wildman–Crippen LogP) is 1.32. The second-order valence-electron chi connectivity index (χ2n) is 7.29. The third-order valence-corrected chi connectivity index (χ3v) is 5.01. The van der Waals surface area contributed by atoms with Crippen molar-refractivity contribution in [2.45, 2.75) is 45.0 Å². The van der Waals surface area contributed by atoms with E-state index in [0.717, 1.165) is 19.6 Å². The highest BCUT2D eigenvalue weighted by atomic mass is 16.6. The summed E-state index contributed by atoms with van der Waals surface area (Å²) < 4.78 is 21.2. The van der Waals surface area contributed by atoms with Crippen molar-refractivity contribution >= 4 is 23.9 Å². The summed E-state index contributed by atoms with van der Waals surface area (Å²) >= 11 is 0. The molecule has 1 aliphatic heterocycles. The van der Waals surface area contributed by atoms with Crippen LogP contribution in [0, 0.1) is 5.92 Å². The van der Waals surface area contributed by atoms with Crippen LogP contribution in [0.4, 0.5) is 0 Å². The van der Waals surface area contributed by atoms with Crippen molar-refractivity contribution in [1.29, 1.82) is 0 Å². The van der Waals surface area contributed by atoms with Crippen LogP contribution in [-0.2, 0) is 38.1 Å². The zero-order valence-corrected chi connectivity index (χ0v) is 17.7. The Balaban J connectivity index is 2.69. The number of esters is 4. The summed E-state index contributed by atoms with van der Waals surface area (Å²) in [5.41, 5.74) is 0.546.